The third-order valence-corrected chi connectivity index (χ3v) is 8.13. The van der Waals surface area contributed by atoms with Crippen molar-refractivity contribution in [3.8, 4) is 21.7 Å². The number of carboxylic acid groups (broad SMARTS) is 1. The van der Waals surface area contributed by atoms with E-state index < -0.39 is 5.97 Å². The minimum Gasteiger partial charge on any atom is -0.544 e. The Kier molecular flexibility index (Phi) is 8.53. The van der Waals surface area contributed by atoms with Crippen molar-refractivity contribution in [2.45, 2.75) is 52.5 Å². The van der Waals surface area contributed by atoms with Gasteiger partial charge < -0.3 is 14.8 Å². The fourth-order valence-electron chi connectivity index (χ4n) is 4.98. The molecule has 0 radical (unpaired) electrons. The number of aromatic carboxylic acids is 1. The Bertz CT molecular complexity index is 1370. The normalized spacial score (nSPS) is 17.5. The van der Waals surface area contributed by atoms with Crippen LogP contribution in [0.3, 0.4) is 0 Å². The average Bonchev–Trinajstić information content (AvgIpc) is 3.49. The largest absolute Gasteiger partial charge is 1.00 e. The minimum atomic E-state index is -1.26. The first-order chi connectivity index (χ1) is 17.3. The van der Waals surface area contributed by atoms with Gasteiger partial charge in [-0.25, -0.2) is 9.50 Å². The summed E-state index contributed by atoms with van der Waals surface area (Å²) in [6.45, 7) is 6.08. The van der Waals surface area contributed by atoms with Crippen LogP contribution in [-0.4, -0.2) is 32.5 Å². The zero-order valence-corrected chi connectivity index (χ0v) is 24.5. The fraction of sp³-hybridized carbons (Fsp3) is 0.357. The zero-order valence-electron chi connectivity index (χ0n) is 21.7. The molecule has 0 spiro atoms. The number of nitrogens with zero attached hydrogens (tertiary/aromatic N) is 4. The second-order valence-electron chi connectivity index (χ2n) is 9.90. The molecule has 3 heterocycles. The third kappa shape index (κ3) is 5.67. The van der Waals surface area contributed by atoms with Gasteiger partial charge in [-0.2, -0.15) is 5.10 Å². The number of benzene rings is 1. The predicted molar refractivity (Wildman–Crippen MR) is 140 cm³/mol. The van der Waals surface area contributed by atoms with E-state index in [4.69, 9.17) is 0 Å². The summed E-state index contributed by atoms with van der Waals surface area (Å²) in [6, 6.07) is 13.2. The topological polar surface area (TPSA) is 90.6 Å². The molecule has 4 aromatic rings. The van der Waals surface area contributed by atoms with Crippen LogP contribution < -0.4 is 39.6 Å². The summed E-state index contributed by atoms with van der Waals surface area (Å²) in [5, 5.41) is 16.7. The number of thiophene rings is 1. The van der Waals surface area contributed by atoms with Gasteiger partial charge in [-0.3, -0.25) is 4.79 Å². The van der Waals surface area contributed by atoms with Crippen LogP contribution in [0, 0.1) is 11.8 Å². The van der Waals surface area contributed by atoms with Gasteiger partial charge in [0.25, 0.3) is 0 Å². The SMILES string of the molecule is CC1CCC(C(=O)N(c2cc(-c3ccc(-c4cc5ncccn5n4)cc3)sc2C(=O)[O-])C(C)C)CC1.[Na+]. The van der Waals surface area contributed by atoms with E-state index in [0.717, 1.165) is 64.4 Å². The Labute approximate surface area is 242 Å². The number of fused-ring (bicyclic) bond motifs is 1. The summed E-state index contributed by atoms with van der Waals surface area (Å²) in [7, 11) is 0. The molecule has 186 valence electrons. The number of hydrogen-bond donors (Lipinski definition) is 0. The van der Waals surface area contributed by atoms with E-state index in [9.17, 15) is 14.7 Å². The van der Waals surface area contributed by atoms with Gasteiger partial charge in [0.05, 0.1) is 22.2 Å². The van der Waals surface area contributed by atoms with Crippen molar-refractivity contribution in [2.24, 2.45) is 11.8 Å². The Morgan fingerprint density at radius 2 is 1.76 bits per heavy atom. The summed E-state index contributed by atoms with van der Waals surface area (Å²) >= 11 is 1.15. The maximum absolute atomic E-state index is 13.5. The third-order valence-electron chi connectivity index (χ3n) is 6.98. The molecule has 1 aliphatic rings. The maximum atomic E-state index is 13.5. The van der Waals surface area contributed by atoms with Gasteiger partial charge in [-0.05, 0) is 63.1 Å². The number of aromatic nitrogens is 3. The van der Waals surface area contributed by atoms with Crippen LogP contribution in [0.1, 0.15) is 56.1 Å². The standard InChI is InChI=1S/C28H30N4O3S.Na/c1-17(2)32(27(33)21-7-5-18(3)6-8-21)23-16-24(36-26(23)28(34)35)20-11-9-19(10-12-20)22-15-25-29-13-4-14-31(25)30-22;/h4,9-18,21H,5-8H2,1-3H3,(H,34,35);/q;+1/p-1. The molecule has 9 heteroatoms. The second-order valence-corrected chi connectivity index (χ2v) is 11.0. The van der Waals surface area contributed by atoms with Crippen LogP contribution >= 0.6 is 11.3 Å². The molecular weight excluding hydrogens is 495 g/mol. The van der Waals surface area contributed by atoms with Crippen LogP contribution in [0.5, 0.6) is 0 Å². The van der Waals surface area contributed by atoms with E-state index in [0.29, 0.717) is 11.6 Å². The smallest absolute Gasteiger partial charge is 0.544 e. The van der Waals surface area contributed by atoms with Crippen molar-refractivity contribution in [1.82, 2.24) is 14.6 Å². The summed E-state index contributed by atoms with van der Waals surface area (Å²) < 4.78 is 1.73. The van der Waals surface area contributed by atoms with Crippen molar-refractivity contribution in [3.05, 3.63) is 59.7 Å². The van der Waals surface area contributed by atoms with Gasteiger partial charge in [0.15, 0.2) is 5.65 Å². The van der Waals surface area contributed by atoms with E-state index in [1.807, 2.05) is 62.5 Å². The van der Waals surface area contributed by atoms with Crippen molar-refractivity contribution >= 4 is 34.5 Å². The van der Waals surface area contributed by atoms with Crippen molar-refractivity contribution in [2.75, 3.05) is 4.90 Å². The molecule has 1 aromatic carbocycles. The van der Waals surface area contributed by atoms with Crippen molar-refractivity contribution in [1.29, 1.82) is 0 Å². The van der Waals surface area contributed by atoms with Gasteiger partial charge in [0, 0.05) is 40.9 Å². The summed E-state index contributed by atoms with van der Waals surface area (Å²) in [5.74, 6) is -0.682. The van der Waals surface area contributed by atoms with Crippen LogP contribution in [0.25, 0.3) is 27.3 Å². The van der Waals surface area contributed by atoms with Gasteiger partial charge >= 0.3 is 29.6 Å². The predicted octanol–water partition coefficient (Wildman–Crippen LogP) is 2.06. The number of carbonyl (C=O) groups is 2. The quantitative estimate of drug-likeness (QED) is 0.360. The van der Waals surface area contributed by atoms with Crippen LogP contribution in [0.2, 0.25) is 0 Å². The Morgan fingerprint density at radius 3 is 2.38 bits per heavy atom. The Morgan fingerprint density at radius 1 is 1.08 bits per heavy atom. The molecule has 0 N–H and O–H groups in total. The molecular formula is C28H29N4NaO3S. The molecule has 0 saturated heterocycles. The minimum absolute atomic E-state index is 0. The fourth-order valence-corrected chi connectivity index (χ4v) is 5.97. The number of anilines is 1. The Balaban J connectivity index is 0.00000320. The van der Waals surface area contributed by atoms with E-state index in [1.165, 1.54) is 0 Å². The molecule has 0 aliphatic heterocycles. The first-order valence-electron chi connectivity index (χ1n) is 12.4. The monoisotopic (exact) mass is 524 g/mol. The molecule has 0 atom stereocenters. The van der Waals surface area contributed by atoms with Gasteiger partial charge in [0.1, 0.15) is 0 Å². The number of amides is 1. The van der Waals surface area contributed by atoms with Crippen LogP contribution in [0.15, 0.2) is 54.9 Å². The zero-order chi connectivity index (χ0) is 25.4. The molecule has 1 fully saturated rings. The first-order valence-corrected chi connectivity index (χ1v) is 13.2. The molecule has 0 bridgehead atoms. The van der Waals surface area contributed by atoms with Crippen LogP contribution in [-0.2, 0) is 4.79 Å². The number of carbonyl (C=O) groups excluding carboxylic acids is 2. The molecule has 5 rings (SSSR count). The van der Waals surface area contributed by atoms with E-state index in [-0.39, 0.29) is 52.3 Å². The van der Waals surface area contributed by atoms with Crippen molar-refractivity contribution in [3.63, 3.8) is 0 Å². The number of carboxylic acids is 1. The molecule has 3 aromatic heterocycles. The van der Waals surface area contributed by atoms with E-state index in [2.05, 4.69) is 17.0 Å². The van der Waals surface area contributed by atoms with E-state index in [1.54, 1.807) is 15.6 Å². The Hall–Kier alpha value is -2.52. The van der Waals surface area contributed by atoms with Gasteiger partial charge in [-0.15, -0.1) is 11.3 Å². The number of rotatable bonds is 6. The molecule has 1 saturated carbocycles. The molecule has 0 unspecified atom stereocenters. The van der Waals surface area contributed by atoms with E-state index >= 15 is 0 Å². The molecule has 7 nitrogen and oxygen atoms in total. The second kappa shape index (κ2) is 11.5. The number of hydrogen-bond acceptors (Lipinski definition) is 6. The molecule has 1 aliphatic carbocycles. The summed E-state index contributed by atoms with van der Waals surface area (Å²) in [4.78, 5) is 32.5. The first kappa shape index (κ1) is 27.5. The summed E-state index contributed by atoms with van der Waals surface area (Å²) in [5.41, 5.74) is 3.82. The average molecular weight is 525 g/mol. The summed E-state index contributed by atoms with van der Waals surface area (Å²) in [6.07, 6.45) is 7.33. The molecule has 37 heavy (non-hydrogen) atoms. The van der Waals surface area contributed by atoms with Gasteiger partial charge in [-0.1, -0.05) is 31.2 Å². The van der Waals surface area contributed by atoms with Crippen LogP contribution in [0.4, 0.5) is 5.69 Å². The van der Waals surface area contributed by atoms with Crippen molar-refractivity contribution < 1.29 is 44.3 Å². The molecule has 1 amide bonds. The van der Waals surface area contributed by atoms with Gasteiger partial charge in [0.2, 0.25) is 5.91 Å². The maximum Gasteiger partial charge on any atom is 1.00 e.